The molecule has 0 aliphatic rings. The van der Waals surface area contributed by atoms with Crippen molar-refractivity contribution in [3.8, 4) is 0 Å². The van der Waals surface area contributed by atoms with Crippen molar-refractivity contribution in [2.75, 3.05) is 19.5 Å². The summed E-state index contributed by atoms with van der Waals surface area (Å²) in [5, 5.41) is 0. The monoisotopic (exact) mass is 315 g/mol. The highest BCUT2D eigenvalue weighted by molar-refractivity contribution is 9.10. The molecule has 2 rings (SSSR count). The van der Waals surface area contributed by atoms with E-state index in [1.165, 1.54) is 6.07 Å². The summed E-state index contributed by atoms with van der Waals surface area (Å²) in [5.74, 6) is 0.0401. The molecule has 0 radical (unpaired) electrons. The first-order chi connectivity index (χ1) is 8.58. The van der Waals surface area contributed by atoms with Crippen molar-refractivity contribution >= 4 is 32.9 Å². The molecule has 2 aromatic rings. The van der Waals surface area contributed by atoms with Crippen molar-refractivity contribution in [2.45, 2.75) is 19.4 Å². The van der Waals surface area contributed by atoms with E-state index in [-0.39, 0.29) is 11.9 Å². The fourth-order valence-electron chi connectivity index (χ4n) is 2.06. The van der Waals surface area contributed by atoms with Gasteiger partial charge in [0.05, 0.1) is 28.2 Å². The predicted octanol–water partition coefficient (Wildman–Crippen LogP) is 3.12. The highest BCUT2D eigenvalue weighted by atomic mass is 79.9. The minimum Gasteiger partial charge on any atom is -0.383 e. The first-order valence-corrected chi connectivity index (χ1v) is 6.49. The molecule has 0 aliphatic carbocycles. The molecule has 0 saturated carbocycles. The summed E-state index contributed by atoms with van der Waals surface area (Å²) >= 11 is 3.18. The van der Waals surface area contributed by atoms with Crippen LogP contribution in [0.4, 0.5) is 10.3 Å². The zero-order chi connectivity index (χ0) is 13.3. The number of aromatic nitrogens is 2. The van der Waals surface area contributed by atoms with Gasteiger partial charge in [-0.2, -0.15) is 0 Å². The van der Waals surface area contributed by atoms with E-state index in [4.69, 9.17) is 10.5 Å². The molecule has 18 heavy (non-hydrogen) atoms. The number of benzene rings is 1. The molecule has 6 heteroatoms. The number of nitrogens with zero attached hydrogens (tertiary/aromatic N) is 2. The highest BCUT2D eigenvalue weighted by Crippen LogP contribution is 2.29. The molecule has 1 unspecified atom stereocenters. The third-order valence-electron chi connectivity index (χ3n) is 2.95. The van der Waals surface area contributed by atoms with Gasteiger partial charge in [-0.15, -0.1) is 0 Å². The first kappa shape index (κ1) is 13.3. The summed E-state index contributed by atoms with van der Waals surface area (Å²) in [7, 11) is 1.65. The predicted molar refractivity (Wildman–Crippen MR) is 73.0 cm³/mol. The number of nitrogens with two attached hydrogens (primary N) is 1. The van der Waals surface area contributed by atoms with Gasteiger partial charge in [-0.05, 0) is 28.4 Å². The maximum Gasteiger partial charge on any atom is 0.201 e. The minimum absolute atomic E-state index is 0.0948. The van der Waals surface area contributed by atoms with E-state index in [1.807, 2.05) is 11.5 Å². The third-order valence-corrected chi connectivity index (χ3v) is 3.56. The lowest BCUT2D eigenvalue weighted by atomic mass is 10.2. The fourth-order valence-corrected chi connectivity index (χ4v) is 2.39. The molecule has 1 heterocycles. The average Bonchev–Trinajstić information content (AvgIpc) is 2.63. The number of anilines is 1. The van der Waals surface area contributed by atoms with Crippen LogP contribution in [0.15, 0.2) is 16.6 Å². The number of imidazole rings is 1. The van der Waals surface area contributed by atoms with Gasteiger partial charge >= 0.3 is 0 Å². The van der Waals surface area contributed by atoms with Gasteiger partial charge in [-0.3, -0.25) is 0 Å². The number of ether oxygens (including phenoxy) is 1. The zero-order valence-corrected chi connectivity index (χ0v) is 11.9. The van der Waals surface area contributed by atoms with E-state index in [1.54, 1.807) is 13.2 Å². The number of halogens is 2. The van der Waals surface area contributed by atoms with Gasteiger partial charge in [0.2, 0.25) is 5.95 Å². The molecule has 1 atom stereocenters. The molecule has 1 aromatic carbocycles. The quantitative estimate of drug-likeness (QED) is 0.943. The SMILES string of the molecule is CCC(COC)n1c(N)nc2cc(F)c(Br)cc21. The molecule has 0 bridgehead atoms. The van der Waals surface area contributed by atoms with Crippen LogP contribution < -0.4 is 5.73 Å². The van der Waals surface area contributed by atoms with Crippen LogP contribution in [0.5, 0.6) is 0 Å². The molecule has 2 N–H and O–H groups in total. The molecule has 0 saturated heterocycles. The maximum atomic E-state index is 13.5. The Kier molecular flexibility index (Phi) is 3.87. The van der Waals surface area contributed by atoms with Crippen molar-refractivity contribution in [1.82, 2.24) is 9.55 Å². The Morgan fingerprint density at radius 2 is 2.28 bits per heavy atom. The summed E-state index contributed by atoms with van der Waals surface area (Å²) in [6.45, 7) is 2.59. The molecule has 0 spiro atoms. The van der Waals surface area contributed by atoms with E-state index in [0.29, 0.717) is 22.5 Å². The number of methoxy groups -OCH3 is 1. The number of rotatable bonds is 4. The van der Waals surface area contributed by atoms with Crippen LogP contribution in [0, 0.1) is 5.82 Å². The number of nitrogen functional groups attached to an aromatic ring is 1. The summed E-state index contributed by atoms with van der Waals surface area (Å²) in [6, 6.07) is 3.18. The van der Waals surface area contributed by atoms with E-state index >= 15 is 0 Å². The first-order valence-electron chi connectivity index (χ1n) is 5.69. The van der Waals surface area contributed by atoms with Crippen LogP contribution in [0.25, 0.3) is 11.0 Å². The molecule has 4 nitrogen and oxygen atoms in total. The molecular weight excluding hydrogens is 301 g/mol. The lowest BCUT2D eigenvalue weighted by Gasteiger charge is -2.18. The summed E-state index contributed by atoms with van der Waals surface area (Å²) in [4.78, 5) is 4.19. The maximum absolute atomic E-state index is 13.5. The van der Waals surface area contributed by atoms with Crippen LogP contribution in [0.1, 0.15) is 19.4 Å². The normalized spacial score (nSPS) is 13.1. The largest absolute Gasteiger partial charge is 0.383 e. The van der Waals surface area contributed by atoms with Gasteiger partial charge in [0, 0.05) is 13.2 Å². The molecule has 0 amide bonds. The molecule has 0 fully saturated rings. The van der Waals surface area contributed by atoms with Gasteiger partial charge in [0.15, 0.2) is 0 Å². The van der Waals surface area contributed by atoms with Gasteiger partial charge < -0.3 is 15.0 Å². The molecular formula is C12H15BrFN3O. The second-order valence-electron chi connectivity index (χ2n) is 4.11. The van der Waals surface area contributed by atoms with Crippen molar-refractivity contribution in [1.29, 1.82) is 0 Å². The van der Waals surface area contributed by atoms with E-state index < -0.39 is 0 Å². The second-order valence-corrected chi connectivity index (χ2v) is 4.97. The van der Waals surface area contributed by atoms with Crippen LogP contribution in [-0.4, -0.2) is 23.3 Å². The molecule has 98 valence electrons. The van der Waals surface area contributed by atoms with Crippen LogP contribution in [0.2, 0.25) is 0 Å². The smallest absolute Gasteiger partial charge is 0.201 e. The number of hydrogen-bond acceptors (Lipinski definition) is 3. The van der Waals surface area contributed by atoms with Crippen molar-refractivity contribution < 1.29 is 9.13 Å². The van der Waals surface area contributed by atoms with Crippen LogP contribution in [-0.2, 0) is 4.74 Å². The highest BCUT2D eigenvalue weighted by Gasteiger charge is 2.17. The second kappa shape index (κ2) is 5.24. The zero-order valence-electron chi connectivity index (χ0n) is 10.3. The van der Waals surface area contributed by atoms with Gasteiger partial charge in [-0.1, -0.05) is 6.92 Å². The lowest BCUT2D eigenvalue weighted by Crippen LogP contribution is -2.16. The Labute approximate surface area is 113 Å². The molecule has 1 aromatic heterocycles. The van der Waals surface area contributed by atoms with E-state index in [9.17, 15) is 4.39 Å². The summed E-state index contributed by atoms with van der Waals surface area (Å²) in [6.07, 6.45) is 0.860. The lowest BCUT2D eigenvalue weighted by molar-refractivity contribution is 0.155. The standard InChI is InChI=1S/C12H15BrFN3O/c1-3-7(6-18-2)17-11-4-8(13)9(14)5-10(11)16-12(17)15/h4-5,7H,3,6H2,1-2H3,(H2,15,16). The average molecular weight is 316 g/mol. The van der Waals surface area contributed by atoms with Crippen molar-refractivity contribution in [3.05, 3.63) is 22.4 Å². The topological polar surface area (TPSA) is 53.1 Å². The third kappa shape index (κ3) is 2.22. The van der Waals surface area contributed by atoms with Crippen molar-refractivity contribution in [3.63, 3.8) is 0 Å². The number of fused-ring (bicyclic) bond motifs is 1. The minimum atomic E-state index is -0.341. The Morgan fingerprint density at radius 1 is 1.56 bits per heavy atom. The summed E-state index contributed by atoms with van der Waals surface area (Å²) in [5.41, 5.74) is 7.29. The molecule has 0 aliphatic heterocycles. The Morgan fingerprint density at radius 3 is 2.89 bits per heavy atom. The van der Waals surface area contributed by atoms with Crippen LogP contribution in [0.3, 0.4) is 0 Å². The van der Waals surface area contributed by atoms with E-state index in [0.717, 1.165) is 11.9 Å². The Balaban J connectivity index is 2.62. The fraction of sp³-hybridized carbons (Fsp3) is 0.417. The van der Waals surface area contributed by atoms with E-state index in [2.05, 4.69) is 20.9 Å². The van der Waals surface area contributed by atoms with Crippen LogP contribution >= 0.6 is 15.9 Å². The number of hydrogen-bond donors (Lipinski definition) is 1. The van der Waals surface area contributed by atoms with Crippen molar-refractivity contribution in [2.24, 2.45) is 0 Å². The van der Waals surface area contributed by atoms with Gasteiger partial charge in [0.1, 0.15) is 5.82 Å². The van der Waals surface area contributed by atoms with Gasteiger partial charge in [0.25, 0.3) is 0 Å². The Bertz CT molecular complexity index is 570. The Hall–Kier alpha value is -1.14. The summed E-state index contributed by atoms with van der Waals surface area (Å²) < 4.78 is 20.9. The van der Waals surface area contributed by atoms with Gasteiger partial charge in [-0.25, -0.2) is 9.37 Å².